The van der Waals surface area contributed by atoms with Gasteiger partial charge in [0.05, 0.1) is 37.7 Å². The van der Waals surface area contributed by atoms with Crippen molar-refractivity contribution in [3.63, 3.8) is 0 Å². The van der Waals surface area contributed by atoms with Crippen molar-refractivity contribution >= 4 is 17.2 Å². The molecule has 0 aliphatic rings. The summed E-state index contributed by atoms with van der Waals surface area (Å²) >= 11 is 1.69. The van der Waals surface area contributed by atoms with Crippen LogP contribution < -0.4 is 14.8 Å². The first-order valence-electron chi connectivity index (χ1n) is 7.82. The van der Waals surface area contributed by atoms with E-state index in [2.05, 4.69) is 27.2 Å². The molecule has 0 aliphatic carbocycles. The van der Waals surface area contributed by atoms with E-state index < -0.39 is 0 Å². The summed E-state index contributed by atoms with van der Waals surface area (Å²) in [5.41, 5.74) is 2.61. The van der Waals surface area contributed by atoms with Crippen molar-refractivity contribution in [1.82, 2.24) is 15.0 Å². The zero-order chi connectivity index (χ0) is 17.8. The van der Waals surface area contributed by atoms with Gasteiger partial charge in [0.25, 0.3) is 0 Å². The van der Waals surface area contributed by atoms with Gasteiger partial charge in [-0.1, -0.05) is 6.07 Å². The molecule has 2 aromatic heterocycles. The highest BCUT2D eigenvalue weighted by Crippen LogP contribution is 2.37. The molecule has 1 aromatic carbocycles. The number of thiazole rings is 1. The summed E-state index contributed by atoms with van der Waals surface area (Å²) in [6.45, 7) is 4.72. The molecule has 0 saturated carbocycles. The van der Waals surface area contributed by atoms with Gasteiger partial charge in [-0.2, -0.15) is 0 Å². The molecule has 0 bridgehead atoms. The molecule has 0 spiro atoms. The number of hydrogen-bond acceptors (Lipinski definition) is 7. The van der Waals surface area contributed by atoms with Crippen LogP contribution in [0.3, 0.4) is 0 Å². The Morgan fingerprint density at radius 2 is 1.80 bits per heavy atom. The van der Waals surface area contributed by atoms with E-state index in [0.717, 1.165) is 27.8 Å². The highest BCUT2D eigenvalue weighted by atomic mass is 32.1. The van der Waals surface area contributed by atoms with Crippen molar-refractivity contribution in [3.8, 4) is 22.8 Å². The molecule has 3 aromatic rings. The van der Waals surface area contributed by atoms with E-state index in [1.165, 1.54) is 11.2 Å². The van der Waals surface area contributed by atoms with Crippen LogP contribution in [0.1, 0.15) is 15.6 Å². The molecule has 0 fully saturated rings. The Balaban J connectivity index is 1.87. The summed E-state index contributed by atoms with van der Waals surface area (Å²) < 4.78 is 10.9. The fourth-order valence-electron chi connectivity index (χ4n) is 2.48. The van der Waals surface area contributed by atoms with Crippen molar-refractivity contribution in [2.45, 2.75) is 20.4 Å². The fourth-order valence-corrected chi connectivity index (χ4v) is 3.35. The number of aromatic nitrogens is 3. The van der Waals surface area contributed by atoms with Crippen LogP contribution >= 0.6 is 11.3 Å². The fraction of sp³-hybridized carbons (Fsp3) is 0.278. The van der Waals surface area contributed by atoms with Crippen LogP contribution in [0.25, 0.3) is 11.3 Å². The first kappa shape index (κ1) is 17.2. The quantitative estimate of drug-likeness (QED) is 0.723. The van der Waals surface area contributed by atoms with Crippen LogP contribution in [-0.2, 0) is 6.54 Å². The third-order valence-electron chi connectivity index (χ3n) is 3.84. The highest BCUT2D eigenvalue weighted by molar-refractivity contribution is 7.11. The third-order valence-corrected chi connectivity index (χ3v) is 4.92. The zero-order valence-electron chi connectivity index (χ0n) is 14.7. The summed E-state index contributed by atoms with van der Waals surface area (Å²) in [6.07, 6.45) is 1.53. The van der Waals surface area contributed by atoms with Gasteiger partial charge in [0.1, 0.15) is 28.7 Å². The Morgan fingerprint density at radius 3 is 2.40 bits per heavy atom. The smallest absolute Gasteiger partial charge is 0.132 e. The summed E-state index contributed by atoms with van der Waals surface area (Å²) in [6, 6.07) is 7.53. The minimum absolute atomic E-state index is 0.624. The number of benzene rings is 1. The Labute approximate surface area is 150 Å². The molecule has 0 amide bonds. The SMILES string of the molecule is COc1cccc(OC)c1-c1cc(NCc2nc(C)c(C)s2)ncn1. The van der Waals surface area contributed by atoms with E-state index in [9.17, 15) is 0 Å². The van der Waals surface area contributed by atoms with Gasteiger partial charge < -0.3 is 14.8 Å². The largest absolute Gasteiger partial charge is 0.496 e. The Morgan fingerprint density at radius 1 is 1.08 bits per heavy atom. The first-order chi connectivity index (χ1) is 12.1. The van der Waals surface area contributed by atoms with E-state index in [1.54, 1.807) is 25.6 Å². The molecule has 6 nitrogen and oxygen atoms in total. The molecule has 3 rings (SSSR count). The van der Waals surface area contributed by atoms with Crippen LogP contribution in [0.2, 0.25) is 0 Å². The van der Waals surface area contributed by atoms with Crippen molar-refractivity contribution in [1.29, 1.82) is 0 Å². The van der Waals surface area contributed by atoms with Crippen molar-refractivity contribution in [2.75, 3.05) is 19.5 Å². The molecule has 1 N–H and O–H groups in total. The van der Waals surface area contributed by atoms with Crippen LogP contribution in [0.5, 0.6) is 11.5 Å². The molecular weight excluding hydrogens is 336 g/mol. The number of rotatable bonds is 6. The Bertz CT molecular complexity index is 838. The van der Waals surface area contributed by atoms with Crippen molar-refractivity contribution in [2.24, 2.45) is 0 Å². The number of methoxy groups -OCH3 is 2. The molecule has 0 aliphatic heterocycles. The highest BCUT2D eigenvalue weighted by Gasteiger charge is 2.14. The van der Waals surface area contributed by atoms with E-state index in [0.29, 0.717) is 18.0 Å². The lowest BCUT2D eigenvalue weighted by Gasteiger charge is -2.13. The summed E-state index contributed by atoms with van der Waals surface area (Å²) in [5, 5.41) is 4.33. The average molecular weight is 356 g/mol. The minimum Gasteiger partial charge on any atom is -0.496 e. The molecule has 0 radical (unpaired) electrons. The van der Waals surface area contributed by atoms with Gasteiger partial charge in [-0.15, -0.1) is 11.3 Å². The Hall–Kier alpha value is -2.67. The van der Waals surface area contributed by atoms with Gasteiger partial charge >= 0.3 is 0 Å². The monoisotopic (exact) mass is 356 g/mol. The van der Waals surface area contributed by atoms with Gasteiger partial charge in [0, 0.05) is 10.9 Å². The van der Waals surface area contributed by atoms with Crippen LogP contribution in [-0.4, -0.2) is 29.2 Å². The lowest BCUT2D eigenvalue weighted by atomic mass is 10.1. The summed E-state index contributed by atoms with van der Waals surface area (Å²) in [5.74, 6) is 2.13. The van der Waals surface area contributed by atoms with Gasteiger partial charge in [0.2, 0.25) is 0 Å². The van der Waals surface area contributed by atoms with Gasteiger partial charge in [-0.05, 0) is 26.0 Å². The maximum atomic E-state index is 5.46. The van der Waals surface area contributed by atoms with Gasteiger partial charge in [0.15, 0.2) is 0 Å². The summed E-state index contributed by atoms with van der Waals surface area (Å²) in [7, 11) is 3.26. The normalized spacial score (nSPS) is 10.6. The number of nitrogens with one attached hydrogen (secondary N) is 1. The average Bonchev–Trinajstić information content (AvgIpc) is 2.97. The maximum absolute atomic E-state index is 5.46. The summed E-state index contributed by atoms with van der Waals surface area (Å²) in [4.78, 5) is 14.4. The van der Waals surface area contributed by atoms with Crippen LogP contribution in [0.15, 0.2) is 30.6 Å². The van der Waals surface area contributed by atoms with E-state index >= 15 is 0 Å². The van der Waals surface area contributed by atoms with Crippen molar-refractivity contribution in [3.05, 3.63) is 46.2 Å². The number of aryl methyl sites for hydroxylation is 2. The second kappa shape index (κ2) is 7.48. The number of anilines is 1. The van der Waals surface area contributed by atoms with E-state index in [4.69, 9.17) is 9.47 Å². The number of nitrogens with zero attached hydrogens (tertiary/aromatic N) is 3. The molecule has 0 atom stereocenters. The lowest BCUT2D eigenvalue weighted by Crippen LogP contribution is -2.02. The molecule has 0 saturated heterocycles. The molecular formula is C18H20N4O2S. The predicted octanol–water partition coefficient (Wildman–Crippen LogP) is 3.85. The van der Waals surface area contributed by atoms with E-state index in [1.807, 2.05) is 31.2 Å². The lowest BCUT2D eigenvalue weighted by molar-refractivity contribution is 0.397. The van der Waals surface area contributed by atoms with Gasteiger partial charge in [-0.3, -0.25) is 0 Å². The second-order valence-electron chi connectivity index (χ2n) is 5.43. The van der Waals surface area contributed by atoms with Crippen molar-refractivity contribution < 1.29 is 9.47 Å². The van der Waals surface area contributed by atoms with Crippen LogP contribution in [0, 0.1) is 13.8 Å². The first-order valence-corrected chi connectivity index (χ1v) is 8.64. The third kappa shape index (κ3) is 3.71. The maximum Gasteiger partial charge on any atom is 0.132 e. The van der Waals surface area contributed by atoms with E-state index in [-0.39, 0.29) is 0 Å². The standard InChI is InChI=1S/C18H20N4O2S/c1-11-12(2)25-17(22-11)9-19-16-8-13(20-10-21-16)18-14(23-3)6-5-7-15(18)24-4/h5-8,10H,9H2,1-4H3,(H,19,20,21). The number of hydrogen-bond donors (Lipinski definition) is 1. The van der Waals surface area contributed by atoms with Gasteiger partial charge in [-0.25, -0.2) is 15.0 Å². The topological polar surface area (TPSA) is 69.2 Å². The molecule has 7 heteroatoms. The molecule has 0 unspecified atom stereocenters. The predicted molar refractivity (Wildman–Crippen MR) is 99.5 cm³/mol. The Kier molecular flexibility index (Phi) is 5.14. The van der Waals surface area contributed by atoms with Crippen LogP contribution in [0.4, 0.5) is 5.82 Å². The molecule has 2 heterocycles. The number of ether oxygens (including phenoxy) is 2. The minimum atomic E-state index is 0.624. The molecule has 130 valence electrons. The molecule has 25 heavy (non-hydrogen) atoms. The zero-order valence-corrected chi connectivity index (χ0v) is 15.5. The second-order valence-corrected chi connectivity index (χ2v) is 6.72.